The number of amides is 4. The van der Waals surface area contributed by atoms with Gasteiger partial charge in [0.05, 0.1) is 17.1 Å². The van der Waals surface area contributed by atoms with E-state index in [0.29, 0.717) is 45.4 Å². The lowest BCUT2D eigenvalue weighted by Crippen LogP contribution is -2.51. The predicted molar refractivity (Wildman–Crippen MR) is 169 cm³/mol. The summed E-state index contributed by atoms with van der Waals surface area (Å²) in [6.45, 7) is 14.7. The molecule has 1 aromatic heterocycles. The molecule has 5 rings (SSSR count). The minimum absolute atomic E-state index is 0.0366. The molecule has 4 aliphatic rings. The number of unbranched alkanes of at least 4 members (excludes halogenated alkanes) is 1. The number of aryl methyl sites for hydroxylation is 1. The van der Waals surface area contributed by atoms with Crippen LogP contribution >= 0.6 is 11.3 Å². The quantitative estimate of drug-likeness (QED) is 0.386. The second kappa shape index (κ2) is 14.5. The van der Waals surface area contributed by atoms with Crippen molar-refractivity contribution in [2.75, 3.05) is 26.2 Å². The Hall–Kier alpha value is -2.53. The Balaban J connectivity index is 1.49. The van der Waals surface area contributed by atoms with Crippen LogP contribution in [0.3, 0.4) is 0 Å². The SMILES string of the molecule is Cc1sc2nc1CC(=O)N[C@@H](CCCCNC(=O)CC(C)(C)C)CC(=O)N1C[C@@H](NC(C)C)C[C@H]1C(=O)N1CCC2CC1. The van der Waals surface area contributed by atoms with E-state index < -0.39 is 6.04 Å². The van der Waals surface area contributed by atoms with Crippen LogP contribution in [0.15, 0.2) is 0 Å². The maximum atomic E-state index is 13.9. The van der Waals surface area contributed by atoms with E-state index in [1.165, 1.54) is 0 Å². The zero-order valence-corrected chi connectivity index (χ0v) is 27.8. The van der Waals surface area contributed by atoms with E-state index in [0.717, 1.165) is 41.3 Å². The maximum Gasteiger partial charge on any atom is 0.245 e. The summed E-state index contributed by atoms with van der Waals surface area (Å²) in [5.74, 6) is 0.133. The van der Waals surface area contributed by atoms with Crippen LogP contribution in [0.1, 0.15) is 107 Å². The zero-order valence-electron chi connectivity index (χ0n) is 27.0. The van der Waals surface area contributed by atoms with Gasteiger partial charge in [-0.25, -0.2) is 4.98 Å². The summed E-state index contributed by atoms with van der Waals surface area (Å²) in [4.78, 5) is 62.8. The van der Waals surface area contributed by atoms with Crippen molar-refractivity contribution in [1.82, 2.24) is 30.7 Å². The van der Waals surface area contributed by atoms with Gasteiger partial charge in [-0.05, 0) is 50.9 Å². The van der Waals surface area contributed by atoms with Crippen LogP contribution in [0, 0.1) is 12.3 Å². The molecule has 4 bridgehead atoms. The average Bonchev–Trinajstić information content (AvgIpc) is 3.49. The molecule has 0 unspecified atom stereocenters. The maximum absolute atomic E-state index is 13.9. The molecule has 0 aliphatic carbocycles. The summed E-state index contributed by atoms with van der Waals surface area (Å²) in [6.07, 6.45) is 5.22. The minimum atomic E-state index is -0.490. The Kier molecular flexibility index (Phi) is 11.3. The highest BCUT2D eigenvalue weighted by molar-refractivity contribution is 7.11. The number of hydrogen-bond donors (Lipinski definition) is 3. The van der Waals surface area contributed by atoms with Crippen LogP contribution in [-0.2, 0) is 25.6 Å². The Morgan fingerprint density at radius 1 is 1.14 bits per heavy atom. The lowest BCUT2D eigenvalue weighted by molar-refractivity contribution is -0.145. The summed E-state index contributed by atoms with van der Waals surface area (Å²) in [6, 6.07) is -0.549. The van der Waals surface area contributed by atoms with Crippen LogP contribution in [0.5, 0.6) is 0 Å². The van der Waals surface area contributed by atoms with Gasteiger partial charge in [0.2, 0.25) is 23.6 Å². The lowest BCUT2D eigenvalue weighted by atomic mass is 9.92. The largest absolute Gasteiger partial charge is 0.356 e. The standard InChI is InChI=1S/C32H52N6O4S/c1-20(2)34-24-15-26-31(42)37-13-10-22(11-14-37)30-36-25(21(3)43-30)17-27(39)35-23(16-29(41)38(26)19-24)9-7-8-12-33-28(40)18-32(4,5)6/h20,22-24,26,34H,7-19H2,1-6H3,(H,33,40)(H,35,39)/t23-,24-,26-/m0/s1. The topological polar surface area (TPSA) is 124 Å². The van der Waals surface area contributed by atoms with Gasteiger partial charge in [-0.1, -0.05) is 34.6 Å². The third-order valence-electron chi connectivity index (χ3n) is 8.65. The van der Waals surface area contributed by atoms with E-state index >= 15 is 0 Å². The second-order valence-corrected chi connectivity index (χ2v) is 15.4. The fraction of sp³-hybridized carbons (Fsp3) is 0.781. The number of carbonyl (C=O) groups is 4. The average molecular weight is 617 g/mol. The number of nitrogens with zero attached hydrogens (tertiary/aromatic N) is 3. The molecule has 43 heavy (non-hydrogen) atoms. The van der Waals surface area contributed by atoms with Gasteiger partial charge in [0, 0.05) is 67.9 Å². The first-order valence-corrected chi connectivity index (χ1v) is 17.0. The fourth-order valence-corrected chi connectivity index (χ4v) is 7.66. The number of carbonyl (C=O) groups excluding carboxylic acids is 4. The summed E-state index contributed by atoms with van der Waals surface area (Å²) in [5, 5.41) is 10.7. The van der Waals surface area contributed by atoms with Crippen molar-refractivity contribution >= 4 is 35.0 Å². The Bertz CT molecular complexity index is 1150. The summed E-state index contributed by atoms with van der Waals surface area (Å²) >= 11 is 1.66. The smallest absolute Gasteiger partial charge is 0.245 e. The molecule has 1 aromatic rings. The highest BCUT2D eigenvalue weighted by atomic mass is 32.1. The van der Waals surface area contributed by atoms with Crippen LogP contribution < -0.4 is 16.0 Å². The monoisotopic (exact) mass is 616 g/mol. The zero-order chi connectivity index (χ0) is 31.3. The van der Waals surface area contributed by atoms with E-state index in [1.807, 2.05) is 32.6 Å². The lowest BCUT2D eigenvalue weighted by Gasteiger charge is -2.35. The number of hydrogen-bond acceptors (Lipinski definition) is 7. The third kappa shape index (κ3) is 9.48. The van der Waals surface area contributed by atoms with E-state index in [1.54, 1.807) is 16.2 Å². The molecule has 2 fully saturated rings. The summed E-state index contributed by atoms with van der Waals surface area (Å²) in [5.41, 5.74) is 0.737. The van der Waals surface area contributed by atoms with Crippen LogP contribution in [-0.4, -0.2) is 88.8 Å². The van der Waals surface area contributed by atoms with Gasteiger partial charge in [-0.3, -0.25) is 19.2 Å². The predicted octanol–water partition coefficient (Wildman–Crippen LogP) is 3.28. The first kappa shape index (κ1) is 33.4. The van der Waals surface area contributed by atoms with Gasteiger partial charge in [-0.2, -0.15) is 0 Å². The van der Waals surface area contributed by atoms with Crippen molar-refractivity contribution in [3.05, 3.63) is 15.6 Å². The van der Waals surface area contributed by atoms with Gasteiger partial charge in [0.25, 0.3) is 0 Å². The van der Waals surface area contributed by atoms with Crippen molar-refractivity contribution in [2.45, 2.75) is 129 Å². The van der Waals surface area contributed by atoms with E-state index in [2.05, 4.69) is 29.8 Å². The van der Waals surface area contributed by atoms with Crippen molar-refractivity contribution in [3.8, 4) is 0 Å². The van der Waals surface area contributed by atoms with Crippen molar-refractivity contribution in [3.63, 3.8) is 0 Å². The third-order valence-corrected chi connectivity index (χ3v) is 9.82. The molecule has 3 atom stereocenters. The molecule has 4 aliphatic heterocycles. The fourth-order valence-electron chi connectivity index (χ4n) is 6.56. The molecule has 0 saturated carbocycles. The first-order valence-electron chi connectivity index (χ1n) is 16.2. The van der Waals surface area contributed by atoms with Crippen molar-refractivity contribution in [2.24, 2.45) is 5.41 Å². The number of rotatable bonds is 8. The first-order chi connectivity index (χ1) is 20.3. The highest BCUT2D eigenvalue weighted by Gasteiger charge is 2.42. The van der Waals surface area contributed by atoms with Gasteiger partial charge in [0.15, 0.2) is 0 Å². The summed E-state index contributed by atoms with van der Waals surface area (Å²) in [7, 11) is 0. The number of piperidine rings is 1. The normalized spacial score (nSPS) is 25.3. The molecule has 5 heterocycles. The summed E-state index contributed by atoms with van der Waals surface area (Å²) < 4.78 is 0. The Morgan fingerprint density at radius 3 is 2.53 bits per heavy atom. The molecule has 0 aromatic carbocycles. The number of fused-ring (bicyclic) bond motifs is 7. The van der Waals surface area contributed by atoms with Gasteiger partial charge < -0.3 is 25.8 Å². The van der Waals surface area contributed by atoms with Crippen LogP contribution in [0.25, 0.3) is 0 Å². The molecule has 0 radical (unpaired) electrons. The molecular formula is C32H52N6O4S. The van der Waals surface area contributed by atoms with Crippen molar-refractivity contribution in [1.29, 1.82) is 0 Å². The van der Waals surface area contributed by atoms with Crippen LogP contribution in [0.4, 0.5) is 0 Å². The second-order valence-electron chi connectivity index (χ2n) is 14.2. The van der Waals surface area contributed by atoms with E-state index in [4.69, 9.17) is 4.98 Å². The minimum Gasteiger partial charge on any atom is -0.356 e. The van der Waals surface area contributed by atoms with E-state index in [9.17, 15) is 19.2 Å². The molecule has 4 amide bonds. The molecule has 240 valence electrons. The molecule has 3 N–H and O–H groups in total. The molecule has 11 heteroatoms. The number of aromatic nitrogens is 1. The van der Waals surface area contributed by atoms with Gasteiger partial charge in [-0.15, -0.1) is 11.3 Å². The van der Waals surface area contributed by atoms with E-state index in [-0.39, 0.29) is 65.9 Å². The number of thiazole rings is 1. The highest BCUT2D eigenvalue weighted by Crippen LogP contribution is 2.34. The molecule has 2 saturated heterocycles. The van der Waals surface area contributed by atoms with Gasteiger partial charge >= 0.3 is 0 Å². The Labute approximate surface area is 261 Å². The van der Waals surface area contributed by atoms with Crippen LogP contribution in [0.2, 0.25) is 0 Å². The number of nitrogens with one attached hydrogen (secondary N) is 3. The Morgan fingerprint density at radius 2 is 1.86 bits per heavy atom. The van der Waals surface area contributed by atoms with Gasteiger partial charge in [0.1, 0.15) is 6.04 Å². The van der Waals surface area contributed by atoms with Crippen molar-refractivity contribution < 1.29 is 19.2 Å². The molecule has 0 spiro atoms. The molecule has 10 nitrogen and oxygen atoms in total. The molecular weight excluding hydrogens is 564 g/mol.